The molecule has 0 N–H and O–H groups in total. The molecule has 0 atom stereocenters. The maximum Gasteiger partial charge on any atom is 0.140 e. The van der Waals surface area contributed by atoms with E-state index in [4.69, 9.17) is 4.74 Å². The van der Waals surface area contributed by atoms with E-state index in [1.165, 1.54) is 35.1 Å². The number of fused-ring (bicyclic) bond motifs is 1. The van der Waals surface area contributed by atoms with Crippen LogP contribution in [0.25, 0.3) is 17.5 Å². The van der Waals surface area contributed by atoms with E-state index in [9.17, 15) is 0 Å². The Morgan fingerprint density at radius 1 is 1.07 bits per heavy atom. The minimum absolute atomic E-state index is 0.838. The van der Waals surface area contributed by atoms with Gasteiger partial charge in [0.2, 0.25) is 0 Å². The van der Waals surface area contributed by atoms with Crippen molar-refractivity contribution >= 4 is 6.08 Å². The normalized spacial score (nSPS) is 14.1. The largest absolute Gasteiger partial charge is 0.496 e. The van der Waals surface area contributed by atoms with Crippen molar-refractivity contribution < 1.29 is 4.74 Å². The zero-order chi connectivity index (χ0) is 18.6. The number of ether oxygens (including phenoxy) is 1. The van der Waals surface area contributed by atoms with E-state index in [0.29, 0.717) is 0 Å². The molecule has 0 unspecified atom stereocenters. The fraction of sp³-hybridized carbons (Fsp3) is 0.292. The lowest BCUT2D eigenvalue weighted by atomic mass is 9.87. The molecule has 3 nitrogen and oxygen atoms in total. The second-order valence-electron chi connectivity index (χ2n) is 7.26. The van der Waals surface area contributed by atoms with E-state index in [-0.39, 0.29) is 0 Å². The number of allylic oxidation sites excluding steroid dienone is 1. The van der Waals surface area contributed by atoms with E-state index in [1.54, 1.807) is 7.11 Å². The second-order valence-corrected chi connectivity index (χ2v) is 7.26. The van der Waals surface area contributed by atoms with Gasteiger partial charge in [-0.15, -0.1) is 0 Å². The van der Waals surface area contributed by atoms with Crippen LogP contribution < -0.4 is 4.74 Å². The molecule has 3 heteroatoms. The van der Waals surface area contributed by atoms with E-state index in [2.05, 4.69) is 65.1 Å². The van der Waals surface area contributed by atoms with Crippen molar-refractivity contribution in [1.29, 1.82) is 0 Å². The summed E-state index contributed by atoms with van der Waals surface area (Å²) in [7, 11) is 1.77. The van der Waals surface area contributed by atoms with Gasteiger partial charge in [0.1, 0.15) is 11.6 Å². The van der Waals surface area contributed by atoms with Crippen molar-refractivity contribution in [3.8, 4) is 17.1 Å². The van der Waals surface area contributed by atoms with Crippen LogP contribution in [0.15, 0.2) is 60.4 Å². The Bertz CT molecular complexity index is 954. The van der Waals surface area contributed by atoms with Crippen molar-refractivity contribution in [3.05, 3.63) is 77.1 Å². The van der Waals surface area contributed by atoms with Crippen LogP contribution >= 0.6 is 0 Å². The molecule has 27 heavy (non-hydrogen) atoms. The first-order valence-corrected chi connectivity index (χ1v) is 9.68. The van der Waals surface area contributed by atoms with Crippen LogP contribution in [0.4, 0.5) is 0 Å². The zero-order valence-corrected chi connectivity index (χ0v) is 16.1. The SMILES string of the molecule is COc1ccc(/C=C(\C)Cn2ccnc2-c2ccccc2)c2c1CCCC2. The van der Waals surface area contributed by atoms with Crippen LogP contribution in [0.3, 0.4) is 0 Å². The summed E-state index contributed by atoms with van der Waals surface area (Å²) in [6, 6.07) is 14.7. The molecule has 1 aliphatic carbocycles. The molecule has 2 aromatic carbocycles. The molecule has 138 valence electrons. The monoisotopic (exact) mass is 358 g/mol. The predicted octanol–water partition coefficient (Wildman–Crippen LogP) is 5.54. The quantitative estimate of drug-likeness (QED) is 0.599. The molecular formula is C24H26N2O. The summed E-state index contributed by atoms with van der Waals surface area (Å²) < 4.78 is 7.81. The Kier molecular flexibility index (Phi) is 5.10. The average Bonchev–Trinajstić information content (AvgIpc) is 3.17. The number of hydrogen-bond donors (Lipinski definition) is 0. The summed E-state index contributed by atoms with van der Waals surface area (Å²) in [4.78, 5) is 4.56. The third-order valence-electron chi connectivity index (χ3n) is 5.32. The lowest BCUT2D eigenvalue weighted by Crippen LogP contribution is -2.07. The molecule has 0 bridgehead atoms. The lowest BCUT2D eigenvalue weighted by Gasteiger charge is -2.21. The minimum Gasteiger partial charge on any atom is -0.496 e. The summed E-state index contributed by atoms with van der Waals surface area (Å²) in [5.74, 6) is 2.06. The van der Waals surface area contributed by atoms with Crippen LogP contribution in [-0.2, 0) is 19.4 Å². The Morgan fingerprint density at radius 3 is 2.63 bits per heavy atom. The van der Waals surface area contributed by atoms with Crippen molar-refractivity contribution in [1.82, 2.24) is 9.55 Å². The topological polar surface area (TPSA) is 27.1 Å². The first kappa shape index (κ1) is 17.6. The molecular weight excluding hydrogens is 332 g/mol. The predicted molar refractivity (Wildman–Crippen MR) is 111 cm³/mol. The standard InChI is InChI=1S/C24H26N2O/c1-18(17-26-15-14-25-24(26)19-8-4-3-5-9-19)16-20-12-13-23(27-2)22-11-7-6-10-21(20)22/h3-5,8-9,12-16H,6-7,10-11,17H2,1-2H3/b18-16+. The summed E-state index contributed by atoms with van der Waals surface area (Å²) in [5, 5.41) is 0. The molecule has 3 aromatic rings. The highest BCUT2D eigenvalue weighted by molar-refractivity contribution is 5.62. The number of imidazole rings is 1. The van der Waals surface area contributed by atoms with Gasteiger partial charge in [0, 0.05) is 24.5 Å². The first-order chi connectivity index (χ1) is 13.3. The highest BCUT2D eigenvalue weighted by Crippen LogP contribution is 2.33. The van der Waals surface area contributed by atoms with Gasteiger partial charge >= 0.3 is 0 Å². The van der Waals surface area contributed by atoms with Crippen LogP contribution in [0, 0.1) is 0 Å². The number of nitrogens with zero attached hydrogens (tertiary/aromatic N) is 2. The smallest absolute Gasteiger partial charge is 0.140 e. The number of rotatable bonds is 5. The maximum absolute atomic E-state index is 5.59. The van der Waals surface area contributed by atoms with Crippen LogP contribution in [0.2, 0.25) is 0 Å². The molecule has 1 aliphatic rings. The minimum atomic E-state index is 0.838. The molecule has 0 saturated heterocycles. The summed E-state index contributed by atoms with van der Waals surface area (Å²) in [6.07, 6.45) is 11.1. The fourth-order valence-electron chi connectivity index (χ4n) is 4.05. The average molecular weight is 358 g/mol. The van der Waals surface area contributed by atoms with Crippen LogP contribution in [-0.4, -0.2) is 16.7 Å². The Balaban J connectivity index is 1.63. The Labute approximate surface area is 161 Å². The molecule has 1 heterocycles. The van der Waals surface area contributed by atoms with Gasteiger partial charge in [-0.1, -0.05) is 48.0 Å². The van der Waals surface area contributed by atoms with Gasteiger partial charge in [-0.2, -0.15) is 0 Å². The summed E-state index contributed by atoms with van der Waals surface area (Å²) in [6.45, 7) is 3.04. The van der Waals surface area contributed by atoms with Crippen molar-refractivity contribution in [2.24, 2.45) is 0 Å². The number of hydrogen-bond acceptors (Lipinski definition) is 2. The van der Waals surface area contributed by atoms with Gasteiger partial charge in [-0.25, -0.2) is 4.98 Å². The van der Waals surface area contributed by atoms with Gasteiger partial charge in [-0.05, 0) is 55.4 Å². The van der Waals surface area contributed by atoms with E-state index < -0.39 is 0 Å². The third-order valence-corrected chi connectivity index (χ3v) is 5.32. The molecule has 1 aromatic heterocycles. The second kappa shape index (κ2) is 7.83. The number of aromatic nitrogens is 2. The van der Waals surface area contributed by atoms with Crippen LogP contribution in [0.1, 0.15) is 36.5 Å². The maximum atomic E-state index is 5.59. The van der Waals surface area contributed by atoms with Gasteiger partial charge < -0.3 is 9.30 Å². The highest BCUT2D eigenvalue weighted by Gasteiger charge is 2.17. The van der Waals surface area contributed by atoms with Gasteiger partial charge in [0.15, 0.2) is 0 Å². The molecule has 0 amide bonds. The Morgan fingerprint density at radius 2 is 1.85 bits per heavy atom. The zero-order valence-electron chi connectivity index (χ0n) is 16.1. The first-order valence-electron chi connectivity index (χ1n) is 9.68. The van der Waals surface area contributed by atoms with Crippen molar-refractivity contribution in [3.63, 3.8) is 0 Å². The number of methoxy groups -OCH3 is 1. The molecule has 0 saturated carbocycles. The number of benzene rings is 2. The molecule has 0 aliphatic heterocycles. The third kappa shape index (κ3) is 3.68. The highest BCUT2D eigenvalue weighted by atomic mass is 16.5. The van der Waals surface area contributed by atoms with E-state index >= 15 is 0 Å². The fourth-order valence-corrected chi connectivity index (χ4v) is 4.05. The summed E-state index contributed by atoms with van der Waals surface area (Å²) >= 11 is 0. The van der Waals surface area contributed by atoms with Crippen molar-refractivity contribution in [2.45, 2.75) is 39.2 Å². The van der Waals surface area contributed by atoms with Crippen molar-refractivity contribution in [2.75, 3.05) is 7.11 Å². The molecule has 0 radical (unpaired) electrons. The lowest BCUT2D eigenvalue weighted by molar-refractivity contribution is 0.406. The van der Waals surface area contributed by atoms with Gasteiger partial charge in [0.05, 0.1) is 7.11 Å². The molecule has 0 fully saturated rings. The van der Waals surface area contributed by atoms with Gasteiger partial charge in [-0.3, -0.25) is 0 Å². The Hall–Kier alpha value is -2.81. The summed E-state index contributed by atoms with van der Waals surface area (Å²) in [5.41, 5.74) is 6.68. The van der Waals surface area contributed by atoms with Crippen LogP contribution in [0.5, 0.6) is 5.75 Å². The molecule has 4 rings (SSSR count). The van der Waals surface area contributed by atoms with Gasteiger partial charge in [0.25, 0.3) is 0 Å². The molecule has 0 spiro atoms. The van der Waals surface area contributed by atoms with E-state index in [0.717, 1.165) is 36.5 Å². The van der Waals surface area contributed by atoms with E-state index in [1.807, 2.05) is 12.3 Å².